The summed E-state index contributed by atoms with van der Waals surface area (Å²) in [6, 6.07) is 3.58. The van der Waals surface area contributed by atoms with Crippen molar-refractivity contribution >= 4 is 5.91 Å². The number of nitrogens with zero attached hydrogens (tertiary/aromatic N) is 2. The van der Waals surface area contributed by atoms with Gasteiger partial charge in [0.1, 0.15) is 5.76 Å². The van der Waals surface area contributed by atoms with Gasteiger partial charge in [-0.15, -0.1) is 0 Å². The van der Waals surface area contributed by atoms with E-state index in [9.17, 15) is 4.79 Å². The van der Waals surface area contributed by atoms with Crippen LogP contribution >= 0.6 is 0 Å². The second kappa shape index (κ2) is 6.58. The smallest absolute Gasteiger partial charge is 0.263 e. The van der Waals surface area contributed by atoms with E-state index in [4.69, 9.17) is 14.6 Å². The highest BCUT2D eigenvalue weighted by Gasteiger charge is 2.18. The number of aromatic nitrogens is 1. The summed E-state index contributed by atoms with van der Waals surface area (Å²) >= 11 is 0. The third kappa shape index (κ3) is 4.19. The number of hydrogen-bond donors (Lipinski definition) is 1. The first-order valence-electron chi connectivity index (χ1n) is 6.96. The van der Waals surface area contributed by atoms with Crippen LogP contribution in [-0.2, 0) is 11.3 Å². The van der Waals surface area contributed by atoms with Crippen LogP contribution in [0.3, 0.4) is 0 Å². The van der Waals surface area contributed by atoms with Crippen LogP contribution in [0, 0.1) is 12.8 Å². The van der Waals surface area contributed by atoms with E-state index in [1.54, 1.807) is 18.4 Å². The zero-order valence-electron chi connectivity index (χ0n) is 12.6. The highest BCUT2D eigenvalue weighted by Crippen LogP contribution is 2.23. The summed E-state index contributed by atoms with van der Waals surface area (Å²) in [4.78, 5) is 17.6. The van der Waals surface area contributed by atoms with Gasteiger partial charge in [0.2, 0.25) is 5.91 Å². The summed E-state index contributed by atoms with van der Waals surface area (Å²) in [7, 11) is 0. The number of rotatable bonds is 7. The van der Waals surface area contributed by atoms with E-state index >= 15 is 0 Å². The molecule has 2 N–H and O–H groups in total. The molecule has 2 aromatic heterocycles. The third-order valence-corrected chi connectivity index (χ3v) is 3.00. The summed E-state index contributed by atoms with van der Waals surface area (Å²) in [5.74, 6) is 1.86. The van der Waals surface area contributed by atoms with E-state index in [0.29, 0.717) is 24.1 Å². The number of hydrogen-bond acceptors (Lipinski definition) is 5. The molecule has 0 aliphatic carbocycles. The maximum atomic E-state index is 11.2. The van der Waals surface area contributed by atoms with Crippen molar-refractivity contribution in [3.05, 3.63) is 29.9 Å². The van der Waals surface area contributed by atoms with E-state index < -0.39 is 0 Å². The lowest BCUT2D eigenvalue weighted by Crippen LogP contribution is -2.36. The fourth-order valence-electron chi connectivity index (χ4n) is 2.21. The molecule has 0 atom stereocenters. The molecule has 0 aliphatic rings. The van der Waals surface area contributed by atoms with Crippen molar-refractivity contribution in [2.45, 2.75) is 27.3 Å². The summed E-state index contributed by atoms with van der Waals surface area (Å²) in [5.41, 5.74) is 6.10. The Labute approximate surface area is 123 Å². The Morgan fingerprint density at radius 1 is 1.48 bits per heavy atom. The predicted molar refractivity (Wildman–Crippen MR) is 78.3 cm³/mol. The van der Waals surface area contributed by atoms with Crippen LogP contribution in [0.1, 0.15) is 25.3 Å². The second-order valence-corrected chi connectivity index (χ2v) is 5.53. The monoisotopic (exact) mass is 291 g/mol. The summed E-state index contributed by atoms with van der Waals surface area (Å²) in [6.07, 6.45) is 1.58. The maximum Gasteiger partial charge on any atom is 0.263 e. The van der Waals surface area contributed by atoms with Gasteiger partial charge in [-0.2, -0.15) is 0 Å². The van der Waals surface area contributed by atoms with Crippen molar-refractivity contribution in [1.82, 2.24) is 9.88 Å². The normalized spacial score (nSPS) is 11.5. The van der Waals surface area contributed by atoms with Crippen LogP contribution in [0.25, 0.3) is 11.7 Å². The molecular weight excluding hydrogens is 270 g/mol. The Kier molecular flexibility index (Phi) is 4.80. The largest absolute Gasteiger partial charge is 0.459 e. The second-order valence-electron chi connectivity index (χ2n) is 5.53. The number of nitrogens with two attached hydrogens (primary N) is 1. The number of primary amides is 1. The zero-order valence-corrected chi connectivity index (χ0v) is 12.6. The molecule has 0 aromatic carbocycles. The molecule has 0 fully saturated rings. The van der Waals surface area contributed by atoms with Crippen molar-refractivity contribution in [3.63, 3.8) is 0 Å². The van der Waals surface area contributed by atoms with Crippen molar-refractivity contribution in [1.29, 1.82) is 0 Å². The third-order valence-electron chi connectivity index (χ3n) is 3.00. The van der Waals surface area contributed by atoms with Crippen LogP contribution in [0.5, 0.6) is 0 Å². The van der Waals surface area contributed by atoms with Crippen molar-refractivity contribution in [2.24, 2.45) is 11.7 Å². The predicted octanol–water partition coefficient (Wildman–Crippen LogP) is 2.19. The fourth-order valence-corrected chi connectivity index (χ4v) is 2.21. The zero-order chi connectivity index (χ0) is 15.4. The number of furan rings is 1. The summed E-state index contributed by atoms with van der Waals surface area (Å²) in [6.45, 7) is 7.55. The highest BCUT2D eigenvalue weighted by atomic mass is 16.4. The average Bonchev–Trinajstić information content (AvgIpc) is 2.98. The first kappa shape index (κ1) is 15.3. The lowest BCUT2D eigenvalue weighted by atomic mass is 10.2. The maximum absolute atomic E-state index is 11.2. The van der Waals surface area contributed by atoms with Gasteiger partial charge in [0.05, 0.1) is 18.5 Å². The molecule has 2 heterocycles. The van der Waals surface area contributed by atoms with Crippen LogP contribution in [0.15, 0.2) is 27.2 Å². The van der Waals surface area contributed by atoms with Crippen molar-refractivity contribution < 1.29 is 13.6 Å². The molecule has 0 spiro atoms. The van der Waals surface area contributed by atoms with E-state index in [1.807, 2.05) is 11.8 Å². The van der Waals surface area contributed by atoms with E-state index in [1.165, 1.54) is 0 Å². The minimum absolute atomic E-state index is 0.209. The minimum Gasteiger partial charge on any atom is -0.459 e. The van der Waals surface area contributed by atoms with Gasteiger partial charge < -0.3 is 14.6 Å². The lowest BCUT2D eigenvalue weighted by molar-refractivity contribution is -0.119. The first-order valence-corrected chi connectivity index (χ1v) is 6.96. The molecule has 114 valence electrons. The molecule has 21 heavy (non-hydrogen) atoms. The van der Waals surface area contributed by atoms with Gasteiger partial charge in [-0.1, -0.05) is 13.8 Å². The molecule has 0 aliphatic heterocycles. The van der Waals surface area contributed by atoms with Crippen molar-refractivity contribution in [2.75, 3.05) is 13.1 Å². The van der Waals surface area contributed by atoms with Gasteiger partial charge in [0.25, 0.3) is 5.89 Å². The minimum atomic E-state index is -0.344. The van der Waals surface area contributed by atoms with E-state index in [0.717, 1.165) is 18.0 Å². The molecule has 1 amide bonds. The van der Waals surface area contributed by atoms with Gasteiger partial charge in [0.15, 0.2) is 5.76 Å². The molecular formula is C15H21N3O3. The number of aryl methyl sites for hydroxylation is 1. The Morgan fingerprint density at radius 3 is 2.81 bits per heavy atom. The topological polar surface area (TPSA) is 85.5 Å². The van der Waals surface area contributed by atoms with Crippen LogP contribution in [-0.4, -0.2) is 28.9 Å². The van der Waals surface area contributed by atoms with Gasteiger partial charge in [0, 0.05) is 13.1 Å². The number of oxazole rings is 1. The van der Waals surface area contributed by atoms with Gasteiger partial charge >= 0.3 is 0 Å². The molecule has 0 saturated heterocycles. The van der Waals surface area contributed by atoms with Gasteiger partial charge in [-0.25, -0.2) is 4.98 Å². The highest BCUT2D eigenvalue weighted by molar-refractivity contribution is 5.75. The number of carbonyl (C=O) groups excluding carboxylic acids is 1. The molecule has 2 rings (SSSR count). The van der Waals surface area contributed by atoms with Crippen LogP contribution in [0.4, 0.5) is 0 Å². The molecule has 2 aromatic rings. The Morgan fingerprint density at radius 2 is 2.24 bits per heavy atom. The Hall–Kier alpha value is -2.08. The van der Waals surface area contributed by atoms with Gasteiger partial charge in [-0.3, -0.25) is 9.69 Å². The molecule has 0 unspecified atom stereocenters. The molecule has 6 heteroatoms. The lowest BCUT2D eigenvalue weighted by Gasteiger charge is -2.21. The summed E-state index contributed by atoms with van der Waals surface area (Å²) in [5, 5.41) is 0. The van der Waals surface area contributed by atoms with E-state index in [2.05, 4.69) is 18.8 Å². The van der Waals surface area contributed by atoms with Crippen molar-refractivity contribution in [3.8, 4) is 11.7 Å². The molecule has 6 nitrogen and oxygen atoms in total. The quantitative estimate of drug-likeness (QED) is 0.845. The van der Waals surface area contributed by atoms with E-state index in [-0.39, 0.29) is 12.5 Å². The summed E-state index contributed by atoms with van der Waals surface area (Å²) < 4.78 is 10.9. The van der Waals surface area contributed by atoms with Crippen LogP contribution in [0.2, 0.25) is 0 Å². The van der Waals surface area contributed by atoms with Gasteiger partial charge in [-0.05, 0) is 25.0 Å². The number of amides is 1. The fraction of sp³-hybridized carbons (Fsp3) is 0.467. The number of carbonyl (C=O) groups is 1. The SMILES string of the molecule is Cc1oc(-c2ccco2)nc1CN(CC(N)=O)CC(C)C. The Bertz CT molecular complexity index is 587. The molecule has 0 saturated carbocycles. The standard InChI is InChI=1S/C15H21N3O3/c1-10(2)7-18(9-14(16)19)8-12-11(3)21-15(17-12)13-5-4-6-20-13/h4-6,10H,7-9H2,1-3H3,(H2,16,19). The molecule has 0 radical (unpaired) electrons. The Balaban J connectivity index is 2.14. The average molecular weight is 291 g/mol. The molecule has 0 bridgehead atoms. The van der Waals surface area contributed by atoms with Crippen LogP contribution < -0.4 is 5.73 Å². The first-order chi connectivity index (χ1) is 9.95.